The Kier molecular flexibility index (Phi) is 3.71. The van der Waals surface area contributed by atoms with Gasteiger partial charge in [-0.3, -0.25) is 0 Å². The smallest absolute Gasteiger partial charge is 0.343 e. The lowest BCUT2D eigenvalue weighted by Crippen LogP contribution is -2.05. The molecule has 0 atom stereocenters. The molecule has 0 fully saturated rings. The summed E-state index contributed by atoms with van der Waals surface area (Å²) in [4.78, 5) is 7.07. The van der Waals surface area contributed by atoms with Gasteiger partial charge in [-0.15, -0.1) is 0 Å². The zero-order chi connectivity index (χ0) is 14.0. The van der Waals surface area contributed by atoms with Crippen molar-refractivity contribution in [3.63, 3.8) is 0 Å². The number of rotatable bonds is 2. The van der Waals surface area contributed by atoms with Crippen LogP contribution in [-0.2, 0) is 12.6 Å². The van der Waals surface area contributed by atoms with Gasteiger partial charge in [0.2, 0.25) is 0 Å². The number of halogens is 3. The molecule has 0 radical (unpaired) electrons. The lowest BCUT2D eigenvalue weighted by atomic mass is 10.1. The molecule has 100 valence electrons. The second-order valence-corrected chi connectivity index (χ2v) is 4.43. The van der Waals surface area contributed by atoms with Gasteiger partial charge in [0, 0.05) is 12.1 Å². The molecule has 1 N–H and O–H groups in total. The van der Waals surface area contributed by atoms with Crippen LogP contribution in [0.1, 0.15) is 18.3 Å². The number of alkyl halides is 3. The molecule has 0 spiro atoms. The van der Waals surface area contributed by atoms with Crippen LogP contribution in [0.5, 0.6) is 0 Å². The highest BCUT2D eigenvalue weighted by molar-refractivity contribution is 7.71. The van der Waals surface area contributed by atoms with Crippen molar-refractivity contribution in [1.29, 1.82) is 0 Å². The normalized spacial score (nSPS) is 11.6. The second-order valence-electron chi connectivity index (χ2n) is 4.01. The van der Waals surface area contributed by atoms with Crippen LogP contribution in [0.2, 0.25) is 0 Å². The average Bonchev–Trinajstić information content (AvgIpc) is 2.37. The molecule has 1 heterocycles. The molecule has 0 bridgehead atoms. The first-order valence-corrected chi connectivity index (χ1v) is 6.09. The van der Waals surface area contributed by atoms with Gasteiger partial charge in [0.25, 0.3) is 0 Å². The molecule has 0 saturated carbocycles. The van der Waals surface area contributed by atoms with Crippen LogP contribution in [-0.4, -0.2) is 9.97 Å². The summed E-state index contributed by atoms with van der Waals surface area (Å²) in [5.74, 6) is 0.653. The first-order chi connectivity index (χ1) is 8.90. The number of nitrogens with one attached hydrogen (secondary N) is 1. The Hall–Kier alpha value is -1.69. The van der Waals surface area contributed by atoms with Crippen molar-refractivity contribution in [2.75, 3.05) is 0 Å². The lowest BCUT2D eigenvalue weighted by Gasteiger charge is -2.09. The number of nitrogens with zero attached hydrogens (tertiary/aromatic N) is 1. The molecule has 0 aliphatic carbocycles. The van der Waals surface area contributed by atoms with Crippen molar-refractivity contribution in [2.45, 2.75) is 19.5 Å². The number of H-pyrrole nitrogens is 1. The van der Waals surface area contributed by atoms with Crippen molar-refractivity contribution >= 4 is 12.2 Å². The van der Waals surface area contributed by atoms with E-state index in [0.29, 0.717) is 28.1 Å². The van der Waals surface area contributed by atoms with Crippen LogP contribution in [0.25, 0.3) is 11.3 Å². The maximum absolute atomic E-state index is 12.7. The van der Waals surface area contributed by atoms with E-state index in [2.05, 4.69) is 9.97 Å². The first kappa shape index (κ1) is 13.7. The maximum atomic E-state index is 12.7. The molecule has 6 heteroatoms. The molecule has 2 rings (SSSR count). The number of aryl methyl sites for hydroxylation is 1. The summed E-state index contributed by atoms with van der Waals surface area (Å²) in [7, 11) is 0. The van der Waals surface area contributed by atoms with Crippen molar-refractivity contribution < 1.29 is 13.2 Å². The second kappa shape index (κ2) is 5.13. The first-order valence-electron chi connectivity index (χ1n) is 5.68. The SMILES string of the molecule is CCc1nc(=S)cc(-c2cccc(C(F)(F)F)c2)[nH]1. The zero-order valence-corrected chi connectivity index (χ0v) is 10.9. The lowest BCUT2D eigenvalue weighted by molar-refractivity contribution is -0.137. The van der Waals surface area contributed by atoms with Crippen molar-refractivity contribution in [3.05, 3.63) is 46.4 Å². The highest BCUT2D eigenvalue weighted by Gasteiger charge is 2.30. The van der Waals surface area contributed by atoms with E-state index in [1.165, 1.54) is 6.07 Å². The topological polar surface area (TPSA) is 28.7 Å². The largest absolute Gasteiger partial charge is 0.416 e. The standard InChI is InChI=1S/C13H11F3N2S/c1-2-11-17-10(7-12(19)18-11)8-4-3-5-9(6-8)13(14,15)16/h3-7H,2H2,1H3,(H,17,18,19). The van der Waals surface area contributed by atoms with Crippen molar-refractivity contribution in [3.8, 4) is 11.3 Å². The molecular formula is C13H11F3N2S. The summed E-state index contributed by atoms with van der Waals surface area (Å²) in [6.07, 6.45) is -3.72. The predicted molar refractivity (Wildman–Crippen MR) is 69.2 cm³/mol. The molecule has 0 aliphatic heterocycles. The molecule has 0 aliphatic rings. The third-order valence-corrected chi connectivity index (χ3v) is 2.84. The number of hydrogen-bond acceptors (Lipinski definition) is 2. The van der Waals surface area contributed by atoms with Gasteiger partial charge in [-0.2, -0.15) is 13.2 Å². The van der Waals surface area contributed by atoms with Gasteiger partial charge in [0.15, 0.2) is 0 Å². The van der Waals surface area contributed by atoms with E-state index in [9.17, 15) is 13.2 Å². The molecule has 1 aromatic carbocycles. The fraction of sp³-hybridized carbons (Fsp3) is 0.231. The molecule has 0 amide bonds. The average molecular weight is 284 g/mol. The Morgan fingerprint density at radius 3 is 2.63 bits per heavy atom. The molecule has 0 unspecified atom stereocenters. The maximum Gasteiger partial charge on any atom is 0.416 e. The third-order valence-electron chi connectivity index (χ3n) is 2.63. The van der Waals surface area contributed by atoms with Gasteiger partial charge < -0.3 is 4.98 Å². The fourth-order valence-corrected chi connectivity index (χ4v) is 1.92. The van der Waals surface area contributed by atoms with E-state index in [1.54, 1.807) is 12.1 Å². The summed E-state index contributed by atoms with van der Waals surface area (Å²) in [5, 5.41) is 0. The number of aromatic nitrogens is 2. The molecule has 1 aromatic heterocycles. The predicted octanol–water partition coefficient (Wildman–Crippen LogP) is 4.39. The Labute approximate surface area is 113 Å². The summed E-state index contributed by atoms with van der Waals surface area (Å²) < 4.78 is 38.4. The molecular weight excluding hydrogens is 273 g/mol. The minimum absolute atomic E-state index is 0.364. The van der Waals surface area contributed by atoms with E-state index in [4.69, 9.17) is 12.2 Å². The van der Waals surface area contributed by atoms with Crippen LogP contribution in [0.3, 0.4) is 0 Å². The molecule has 2 nitrogen and oxygen atoms in total. The number of aromatic amines is 1. The quantitative estimate of drug-likeness (QED) is 0.829. The van der Waals surface area contributed by atoms with E-state index < -0.39 is 11.7 Å². The van der Waals surface area contributed by atoms with Crippen LogP contribution in [0.4, 0.5) is 13.2 Å². The Morgan fingerprint density at radius 1 is 1.26 bits per heavy atom. The van der Waals surface area contributed by atoms with Gasteiger partial charge >= 0.3 is 6.18 Å². The van der Waals surface area contributed by atoms with E-state index >= 15 is 0 Å². The molecule has 0 saturated heterocycles. The van der Waals surface area contributed by atoms with Crippen LogP contribution >= 0.6 is 12.2 Å². The van der Waals surface area contributed by atoms with Crippen LogP contribution < -0.4 is 0 Å². The summed E-state index contributed by atoms with van der Waals surface area (Å²) in [6.45, 7) is 1.89. The van der Waals surface area contributed by atoms with Gasteiger partial charge in [-0.05, 0) is 23.8 Å². The molecule has 2 aromatic rings. The number of benzene rings is 1. The van der Waals surface area contributed by atoms with Gasteiger partial charge in [-0.1, -0.05) is 31.3 Å². The Balaban J connectivity index is 2.53. The third kappa shape index (κ3) is 3.20. The molecule has 19 heavy (non-hydrogen) atoms. The minimum atomic E-state index is -4.35. The van der Waals surface area contributed by atoms with Crippen LogP contribution in [0, 0.1) is 4.64 Å². The van der Waals surface area contributed by atoms with E-state index in [0.717, 1.165) is 12.1 Å². The van der Waals surface area contributed by atoms with Crippen molar-refractivity contribution in [2.24, 2.45) is 0 Å². The number of hydrogen-bond donors (Lipinski definition) is 1. The van der Waals surface area contributed by atoms with Gasteiger partial charge in [0.1, 0.15) is 10.5 Å². The van der Waals surface area contributed by atoms with E-state index in [1.807, 2.05) is 6.92 Å². The minimum Gasteiger partial charge on any atom is -0.343 e. The monoisotopic (exact) mass is 284 g/mol. The highest BCUT2D eigenvalue weighted by atomic mass is 32.1. The van der Waals surface area contributed by atoms with Crippen LogP contribution in [0.15, 0.2) is 30.3 Å². The Bertz CT molecular complexity index is 647. The zero-order valence-electron chi connectivity index (χ0n) is 10.1. The van der Waals surface area contributed by atoms with Gasteiger partial charge in [-0.25, -0.2) is 4.98 Å². The fourth-order valence-electron chi connectivity index (χ4n) is 1.69. The summed E-state index contributed by atoms with van der Waals surface area (Å²) in [6, 6.07) is 6.68. The Morgan fingerprint density at radius 2 is 2.00 bits per heavy atom. The van der Waals surface area contributed by atoms with Crippen molar-refractivity contribution in [1.82, 2.24) is 9.97 Å². The summed E-state index contributed by atoms with van der Waals surface area (Å²) >= 11 is 5.01. The van der Waals surface area contributed by atoms with Gasteiger partial charge in [0.05, 0.1) is 5.56 Å². The highest BCUT2D eigenvalue weighted by Crippen LogP contribution is 2.31. The summed E-state index contributed by atoms with van der Waals surface area (Å²) in [5.41, 5.74) is 0.306. The van der Waals surface area contributed by atoms with E-state index in [-0.39, 0.29) is 0 Å².